The number of amides is 1. The number of benzene rings is 2. The molecule has 1 saturated heterocycles. The van der Waals surface area contributed by atoms with E-state index < -0.39 is 0 Å². The largest absolute Gasteiger partial charge is 0.339 e. The Morgan fingerprint density at radius 2 is 1.73 bits per heavy atom. The summed E-state index contributed by atoms with van der Waals surface area (Å²) in [4.78, 5) is 32.4. The fourth-order valence-electron chi connectivity index (χ4n) is 4.65. The first-order valence-electron chi connectivity index (χ1n) is 11.4. The maximum Gasteiger partial charge on any atom is 0.258 e. The zero-order chi connectivity index (χ0) is 23.1. The minimum absolute atomic E-state index is 0.0194. The van der Waals surface area contributed by atoms with Gasteiger partial charge in [-0.25, -0.2) is 4.98 Å². The molecule has 5 heteroatoms. The number of aromatic nitrogens is 2. The zero-order valence-corrected chi connectivity index (χ0v) is 19.1. The number of carbonyl (C=O) groups is 1. The molecular weight excluding hydrogens is 410 g/mol. The first kappa shape index (κ1) is 21.1. The van der Waals surface area contributed by atoms with E-state index >= 15 is 0 Å². The Kier molecular flexibility index (Phi) is 5.33. The van der Waals surface area contributed by atoms with E-state index in [0.717, 1.165) is 64.6 Å². The van der Waals surface area contributed by atoms with Crippen LogP contribution in [0.4, 0.5) is 0 Å². The van der Waals surface area contributed by atoms with E-state index in [1.807, 2.05) is 60.4 Å². The normalized spacial score (nSPS) is 14.1. The minimum Gasteiger partial charge on any atom is -0.339 e. The van der Waals surface area contributed by atoms with E-state index in [0.29, 0.717) is 10.9 Å². The van der Waals surface area contributed by atoms with Gasteiger partial charge in [0.25, 0.3) is 11.5 Å². The molecule has 0 unspecified atom stereocenters. The standard InChI is InChI=1S/C28H27N3O2/c1-18(2)24-17-25(20-7-9-22-19(15-20)11-14-30(3)28(22)33)29-26-16-21(8-10-23(24)26)27(32)31-12-5-4-6-13-31/h7-11,14-17H,1,4-6,12-13H2,2-3H3. The van der Waals surface area contributed by atoms with Crippen LogP contribution in [0.3, 0.4) is 0 Å². The van der Waals surface area contributed by atoms with Gasteiger partial charge in [-0.05, 0) is 73.5 Å². The van der Waals surface area contributed by atoms with Gasteiger partial charge in [-0.3, -0.25) is 9.59 Å². The van der Waals surface area contributed by atoms with E-state index in [1.165, 1.54) is 6.42 Å². The molecule has 0 bridgehead atoms. The molecular formula is C28H27N3O2. The number of carbonyl (C=O) groups excluding carboxylic acids is 1. The van der Waals surface area contributed by atoms with Gasteiger partial charge in [0.15, 0.2) is 0 Å². The van der Waals surface area contributed by atoms with Crippen LogP contribution < -0.4 is 5.56 Å². The highest BCUT2D eigenvalue weighted by molar-refractivity contribution is 6.01. The average Bonchev–Trinajstić information content (AvgIpc) is 2.85. The van der Waals surface area contributed by atoms with Gasteiger partial charge in [-0.1, -0.05) is 24.3 Å². The average molecular weight is 438 g/mol. The number of piperidine rings is 1. The Morgan fingerprint density at radius 3 is 2.48 bits per heavy atom. The molecule has 2 aromatic heterocycles. The number of rotatable bonds is 3. The van der Waals surface area contributed by atoms with Crippen LogP contribution in [0.1, 0.15) is 42.1 Å². The Labute approximate surface area is 193 Å². The lowest BCUT2D eigenvalue weighted by molar-refractivity contribution is 0.0724. The highest BCUT2D eigenvalue weighted by atomic mass is 16.2. The van der Waals surface area contributed by atoms with Crippen LogP contribution >= 0.6 is 0 Å². The van der Waals surface area contributed by atoms with Crippen molar-refractivity contribution in [2.75, 3.05) is 13.1 Å². The lowest BCUT2D eigenvalue weighted by atomic mass is 9.97. The molecule has 1 aliphatic rings. The van der Waals surface area contributed by atoms with Crippen LogP contribution in [0.25, 0.3) is 38.5 Å². The second kappa shape index (κ2) is 8.32. The van der Waals surface area contributed by atoms with Gasteiger partial charge in [0.1, 0.15) is 0 Å². The summed E-state index contributed by atoms with van der Waals surface area (Å²) >= 11 is 0. The zero-order valence-electron chi connectivity index (χ0n) is 19.1. The maximum atomic E-state index is 13.1. The Hall–Kier alpha value is -3.73. The van der Waals surface area contributed by atoms with Gasteiger partial charge >= 0.3 is 0 Å². The van der Waals surface area contributed by atoms with Gasteiger partial charge in [0.2, 0.25) is 0 Å². The van der Waals surface area contributed by atoms with Crippen molar-refractivity contribution < 1.29 is 4.79 Å². The van der Waals surface area contributed by atoms with Gasteiger partial charge in [-0.2, -0.15) is 0 Å². The Balaban J connectivity index is 1.64. The first-order chi connectivity index (χ1) is 15.9. The monoisotopic (exact) mass is 437 g/mol. The van der Waals surface area contributed by atoms with Gasteiger partial charge in [0.05, 0.1) is 11.2 Å². The Morgan fingerprint density at radius 1 is 0.970 bits per heavy atom. The molecule has 33 heavy (non-hydrogen) atoms. The number of nitrogens with zero attached hydrogens (tertiary/aromatic N) is 3. The fourth-order valence-corrected chi connectivity index (χ4v) is 4.65. The first-order valence-corrected chi connectivity index (χ1v) is 11.4. The molecule has 4 aromatic rings. The van der Waals surface area contributed by atoms with Crippen molar-refractivity contribution in [3.05, 3.63) is 82.8 Å². The number of allylic oxidation sites excluding steroid dienone is 1. The molecule has 0 aliphatic carbocycles. The van der Waals surface area contributed by atoms with Crippen LogP contribution in [-0.2, 0) is 7.05 Å². The summed E-state index contributed by atoms with van der Waals surface area (Å²) in [5.74, 6) is 0.0715. The molecule has 2 aromatic carbocycles. The molecule has 3 heterocycles. The third-order valence-corrected chi connectivity index (χ3v) is 6.54. The molecule has 1 fully saturated rings. The van der Waals surface area contributed by atoms with Crippen molar-refractivity contribution in [1.82, 2.24) is 14.5 Å². The third-order valence-electron chi connectivity index (χ3n) is 6.54. The number of hydrogen-bond donors (Lipinski definition) is 0. The van der Waals surface area contributed by atoms with E-state index in [4.69, 9.17) is 4.98 Å². The summed E-state index contributed by atoms with van der Waals surface area (Å²) in [5, 5.41) is 2.54. The maximum absolute atomic E-state index is 13.1. The van der Waals surface area contributed by atoms with Crippen molar-refractivity contribution in [1.29, 1.82) is 0 Å². The molecule has 0 N–H and O–H groups in total. The predicted octanol–water partition coefficient (Wildman–Crippen LogP) is 5.41. The lowest BCUT2D eigenvalue weighted by Gasteiger charge is -2.26. The molecule has 0 atom stereocenters. The summed E-state index contributed by atoms with van der Waals surface area (Å²) in [6.07, 6.45) is 5.09. The van der Waals surface area contributed by atoms with Crippen LogP contribution in [0.15, 0.2) is 66.1 Å². The minimum atomic E-state index is -0.0194. The molecule has 1 aliphatic heterocycles. The second-order valence-electron chi connectivity index (χ2n) is 8.95. The molecule has 5 rings (SSSR count). The fraction of sp³-hybridized carbons (Fsp3) is 0.250. The molecule has 5 nitrogen and oxygen atoms in total. The molecule has 166 valence electrons. The second-order valence-corrected chi connectivity index (χ2v) is 8.95. The van der Waals surface area contributed by atoms with Crippen LogP contribution in [-0.4, -0.2) is 33.4 Å². The molecule has 0 radical (unpaired) electrons. The smallest absolute Gasteiger partial charge is 0.258 e. The number of likely N-dealkylation sites (tertiary alicyclic amines) is 1. The van der Waals surface area contributed by atoms with Crippen molar-refractivity contribution in [3.63, 3.8) is 0 Å². The highest BCUT2D eigenvalue weighted by Crippen LogP contribution is 2.30. The van der Waals surface area contributed by atoms with Crippen molar-refractivity contribution >= 4 is 33.2 Å². The number of aryl methyl sites for hydroxylation is 1. The van der Waals surface area contributed by atoms with E-state index in [9.17, 15) is 9.59 Å². The number of fused-ring (bicyclic) bond motifs is 2. The highest BCUT2D eigenvalue weighted by Gasteiger charge is 2.19. The summed E-state index contributed by atoms with van der Waals surface area (Å²) in [6.45, 7) is 7.78. The Bertz CT molecular complexity index is 1480. The van der Waals surface area contributed by atoms with Crippen LogP contribution in [0, 0.1) is 0 Å². The SMILES string of the molecule is C=C(C)c1cc(-c2ccc3c(=O)n(C)ccc3c2)nc2cc(C(=O)N3CCCCC3)ccc12. The quantitative estimate of drug-likeness (QED) is 0.430. The van der Waals surface area contributed by atoms with E-state index in [-0.39, 0.29) is 11.5 Å². The number of pyridine rings is 2. The number of hydrogen-bond acceptors (Lipinski definition) is 3. The van der Waals surface area contributed by atoms with Crippen LogP contribution in [0.5, 0.6) is 0 Å². The predicted molar refractivity (Wildman–Crippen MR) is 134 cm³/mol. The topological polar surface area (TPSA) is 55.2 Å². The summed E-state index contributed by atoms with van der Waals surface area (Å²) in [6, 6.07) is 15.6. The molecule has 0 spiro atoms. The summed E-state index contributed by atoms with van der Waals surface area (Å²) < 4.78 is 1.58. The third kappa shape index (κ3) is 3.84. The summed E-state index contributed by atoms with van der Waals surface area (Å²) in [5.41, 5.74) is 5.10. The molecule has 0 saturated carbocycles. The van der Waals surface area contributed by atoms with Crippen molar-refractivity contribution in [2.45, 2.75) is 26.2 Å². The van der Waals surface area contributed by atoms with E-state index in [2.05, 4.69) is 6.58 Å². The van der Waals surface area contributed by atoms with Crippen molar-refractivity contribution in [2.24, 2.45) is 7.05 Å². The van der Waals surface area contributed by atoms with Gasteiger partial charge < -0.3 is 9.47 Å². The van der Waals surface area contributed by atoms with Gasteiger partial charge in [-0.15, -0.1) is 0 Å². The lowest BCUT2D eigenvalue weighted by Crippen LogP contribution is -2.35. The van der Waals surface area contributed by atoms with Crippen LogP contribution in [0.2, 0.25) is 0 Å². The van der Waals surface area contributed by atoms with Crippen molar-refractivity contribution in [3.8, 4) is 11.3 Å². The summed E-state index contributed by atoms with van der Waals surface area (Å²) in [7, 11) is 1.75. The molecule has 1 amide bonds. The van der Waals surface area contributed by atoms with Gasteiger partial charge in [0, 0.05) is 48.2 Å². The van der Waals surface area contributed by atoms with E-state index in [1.54, 1.807) is 17.8 Å².